The van der Waals surface area contributed by atoms with E-state index in [4.69, 9.17) is 0 Å². The summed E-state index contributed by atoms with van der Waals surface area (Å²) in [5.74, 6) is -1.92. The third-order valence-corrected chi connectivity index (χ3v) is 3.55. The topological polar surface area (TPSA) is 95.5 Å². The summed E-state index contributed by atoms with van der Waals surface area (Å²) in [4.78, 5) is 35.1. The summed E-state index contributed by atoms with van der Waals surface area (Å²) in [6, 6.07) is 4.10. The highest BCUT2D eigenvalue weighted by molar-refractivity contribution is 5.88. The number of amides is 2. The van der Waals surface area contributed by atoms with Crippen molar-refractivity contribution < 1.29 is 19.5 Å². The number of aryl methyl sites for hydroxylation is 2. The molecule has 0 spiro atoms. The number of aliphatic carboxylic acids is 1. The van der Waals surface area contributed by atoms with Gasteiger partial charge in [-0.1, -0.05) is 39.0 Å². The summed E-state index contributed by atoms with van der Waals surface area (Å²) < 4.78 is 0. The van der Waals surface area contributed by atoms with Crippen molar-refractivity contribution in [2.45, 2.75) is 47.1 Å². The Hall–Kier alpha value is -2.37. The van der Waals surface area contributed by atoms with Crippen molar-refractivity contribution in [2.24, 2.45) is 5.41 Å². The van der Waals surface area contributed by atoms with Crippen molar-refractivity contribution in [3.8, 4) is 0 Å². The lowest BCUT2D eigenvalue weighted by atomic mass is 9.92. The number of carbonyl (C=O) groups excluding carboxylic acids is 2. The Morgan fingerprint density at radius 2 is 1.71 bits per heavy atom. The van der Waals surface area contributed by atoms with E-state index >= 15 is 0 Å². The average molecular weight is 334 g/mol. The molecule has 0 saturated carbocycles. The average Bonchev–Trinajstić information content (AvgIpc) is 2.43. The predicted octanol–water partition coefficient (Wildman–Crippen LogP) is 2.10. The summed E-state index contributed by atoms with van der Waals surface area (Å²) in [5.41, 5.74) is 2.32. The van der Waals surface area contributed by atoms with Gasteiger partial charge in [0.1, 0.15) is 0 Å². The van der Waals surface area contributed by atoms with Crippen LogP contribution >= 0.6 is 0 Å². The Morgan fingerprint density at radius 3 is 2.21 bits per heavy atom. The molecule has 1 rings (SSSR count). The molecule has 132 valence electrons. The molecule has 0 aromatic heterocycles. The minimum atomic E-state index is -1.15. The standard InChI is InChI=1S/C18H26N2O4/c1-11-6-7-13(8-12(11)2)16(17(23)24)20-15(22)10-19-14(21)9-18(3,4)5/h6-8,16H,9-10H2,1-5H3,(H,19,21)(H,20,22)(H,23,24). The highest BCUT2D eigenvalue weighted by Crippen LogP contribution is 2.18. The van der Waals surface area contributed by atoms with Crippen LogP contribution in [0.5, 0.6) is 0 Å². The van der Waals surface area contributed by atoms with Crippen molar-refractivity contribution in [3.63, 3.8) is 0 Å². The fourth-order valence-electron chi connectivity index (χ4n) is 2.17. The molecule has 0 aliphatic carbocycles. The zero-order chi connectivity index (χ0) is 18.5. The van der Waals surface area contributed by atoms with Crippen molar-refractivity contribution in [3.05, 3.63) is 34.9 Å². The van der Waals surface area contributed by atoms with Crippen LogP contribution in [-0.4, -0.2) is 29.4 Å². The van der Waals surface area contributed by atoms with Gasteiger partial charge >= 0.3 is 5.97 Å². The first kappa shape index (κ1) is 19.7. The van der Waals surface area contributed by atoms with Gasteiger partial charge in [0, 0.05) is 6.42 Å². The molecular weight excluding hydrogens is 308 g/mol. The Balaban J connectivity index is 2.69. The predicted molar refractivity (Wildman–Crippen MR) is 91.5 cm³/mol. The van der Waals surface area contributed by atoms with E-state index in [1.165, 1.54) is 0 Å². The van der Waals surface area contributed by atoms with E-state index < -0.39 is 17.9 Å². The molecule has 24 heavy (non-hydrogen) atoms. The van der Waals surface area contributed by atoms with Crippen LogP contribution in [0.1, 0.15) is 49.9 Å². The molecule has 0 aliphatic heterocycles. The number of hydrogen-bond donors (Lipinski definition) is 3. The van der Waals surface area contributed by atoms with E-state index in [0.717, 1.165) is 11.1 Å². The molecule has 1 aromatic carbocycles. The van der Waals surface area contributed by atoms with Crippen LogP contribution in [0.3, 0.4) is 0 Å². The highest BCUT2D eigenvalue weighted by Gasteiger charge is 2.23. The summed E-state index contributed by atoms with van der Waals surface area (Å²) in [6.45, 7) is 9.33. The number of hydrogen-bond acceptors (Lipinski definition) is 3. The lowest BCUT2D eigenvalue weighted by molar-refractivity contribution is -0.142. The van der Waals surface area contributed by atoms with Crippen LogP contribution in [0.25, 0.3) is 0 Å². The minimum Gasteiger partial charge on any atom is -0.479 e. The molecule has 1 unspecified atom stereocenters. The lowest BCUT2D eigenvalue weighted by Gasteiger charge is -2.18. The smallest absolute Gasteiger partial charge is 0.330 e. The van der Waals surface area contributed by atoms with Crippen molar-refractivity contribution in [1.29, 1.82) is 0 Å². The summed E-state index contributed by atoms with van der Waals surface area (Å²) in [6.07, 6.45) is 0.291. The first-order chi connectivity index (χ1) is 11.0. The molecule has 3 N–H and O–H groups in total. The zero-order valence-electron chi connectivity index (χ0n) is 14.9. The third kappa shape index (κ3) is 6.40. The van der Waals surface area contributed by atoms with E-state index in [1.807, 2.05) is 40.7 Å². The largest absolute Gasteiger partial charge is 0.479 e. The molecule has 1 atom stereocenters. The first-order valence-corrected chi connectivity index (χ1v) is 7.85. The van der Waals surface area contributed by atoms with Gasteiger partial charge in [0.15, 0.2) is 6.04 Å². The van der Waals surface area contributed by atoms with Crippen molar-refractivity contribution in [1.82, 2.24) is 10.6 Å². The molecule has 1 aromatic rings. The number of rotatable bonds is 6. The molecule has 0 fully saturated rings. The van der Waals surface area contributed by atoms with Crippen LogP contribution in [0.2, 0.25) is 0 Å². The normalized spacial score (nSPS) is 12.4. The molecule has 0 bridgehead atoms. The van der Waals surface area contributed by atoms with Gasteiger partial charge in [-0.05, 0) is 36.0 Å². The summed E-state index contributed by atoms with van der Waals surface area (Å²) in [7, 11) is 0. The second-order valence-corrected chi connectivity index (χ2v) is 7.20. The molecule has 0 saturated heterocycles. The Labute approximate surface area is 142 Å². The van der Waals surface area contributed by atoms with Gasteiger partial charge in [-0.25, -0.2) is 4.79 Å². The maximum Gasteiger partial charge on any atom is 0.330 e. The molecule has 0 heterocycles. The number of carboxylic acid groups (broad SMARTS) is 1. The molecule has 0 radical (unpaired) electrons. The summed E-state index contributed by atoms with van der Waals surface area (Å²) >= 11 is 0. The van der Waals surface area contributed by atoms with Crippen LogP contribution < -0.4 is 10.6 Å². The maximum atomic E-state index is 12.0. The number of nitrogens with one attached hydrogen (secondary N) is 2. The van der Waals surface area contributed by atoms with Gasteiger partial charge < -0.3 is 15.7 Å². The Morgan fingerprint density at radius 1 is 1.08 bits per heavy atom. The molecule has 0 aliphatic rings. The monoisotopic (exact) mass is 334 g/mol. The van der Waals surface area contributed by atoms with Crippen LogP contribution in [0, 0.1) is 19.3 Å². The van der Waals surface area contributed by atoms with Gasteiger partial charge in [0.25, 0.3) is 0 Å². The number of benzene rings is 1. The first-order valence-electron chi connectivity index (χ1n) is 7.85. The summed E-state index contributed by atoms with van der Waals surface area (Å²) in [5, 5.41) is 14.3. The van der Waals surface area contributed by atoms with Gasteiger partial charge in [-0.3, -0.25) is 9.59 Å². The zero-order valence-corrected chi connectivity index (χ0v) is 14.9. The van der Waals surface area contributed by atoms with Gasteiger partial charge in [0.05, 0.1) is 6.54 Å². The number of carboxylic acids is 1. The van der Waals surface area contributed by atoms with E-state index in [1.54, 1.807) is 12.1 Å². The highest BCUT2D eigenvalue weighted by atomic mass is 16.4. The van der Waals surface area contributed by atoms with E-state index in [-0.39, 0.29) is 17.9 Å². The maximum absolute atomic E-state index is 12.0. The minimum absolute atomic E-state index is 0.177. The van der Waals surface area contributed by atoms with Crippen LogP contribution in [0.4, 0.5) is 0 Å². The van der Waals surface area contributed by atoms with Crippen LogP contribution in [0.15, 0.2) is 18.2 Å². The quantitative estimate of drug-likeness (QED) is 0.742. The Kier molecular flexibility index (Phi) is 6.51. The fourth-order valence-corrected chi connectivity index (χ4v) is 2.17. The fraction of sp³-hybridized carbons (Fsp3) is 0.500. The van der Waals surface area contributed by atoms with Crippen molar-refractivity contribution >= 4 is 17.8 Å². The van der Waals surface area contributed by atoms with Gasteiger partial charge in [0.2, 0.25) is 11.8 Å². The van der Waals surface area contributed by atoms with Crippen LogP contribution in [-0.2, 0) is 14.4 Å². The second-order valence-electron chi connectivity index (χ2n) is 7.20. The van der Waals surface area contributed by atoms with E-state index in [0.29, 0.717) is 12.0 Å². The SMILES string of the molecule is Cc1ccc(C(NC(=O)CNC(=O)CC(C)(C)C)C(=O)O)cc1C. The second kappa shape index (κ2) is 7.95. The molecule has 2 amide bonds. The van der Waals surface area contributed by atoms with E-state index in [9.17, 15) is 19.5 Å². The number of carbonyl (C=O) groups is 3. The van der Waals surface area contributed by atoms with E-state index in [2.05, 4.69) is 10.6 Å². The molecule has 6 nitrogen and oxygen atoms in total. The van der Waals surface area contributed by atoms with Gasteiger partial charge in [-0.2, -0.15) is 0 Å². The van der Waals surface area contributed by atoms with Gasteiger partial charge in [-0.15, -0.1) is 0 Å². The van der Waals surface area contributed by atoms with Crippen molar-refractivity contribution in [2.75, 3.05) is 6.54 Å². The lowest BCUT2D eigenvalue weighted by Crippen LogP contribution is -2.41. The molecule has 6 heteroatoms. The third-order valence-electron chi connectivity index (χ3n) is 3.55. The molecular formula is C18H26N2O4. The Bertz CT molecular complexity index is 632.